The quantitative estimate of drug-likeness (QED) is 0.741. The third-order valence-corrected chi connectivity index (χ3v) is 4.75. The van der Waals surface area contributed by atoms with Crippen molar-refractivity contribution in [1.82, 2.24) is 15.1 Å². The lowest BCUT2D eigenvalue weighted by molar-refractivity contribution is -0.129. The van der Waals surface area contributed by atoms with Gasteiger partial charge in [-0.3, -0.25) is 9.69 Å². The number of amides is 3. The van der Waals surface area contributed by atoms with Crippen LogP contribution in [0.1, 0.15) is 18.4 Å². The van der Waals surface area contributed by atoms with Crippen molar-refractivity contribution in [3.63, 3.8) is 0 Å². The molecule has 1 aromatic heterocycles. The summed E-state index contributed by atoms with van der Waals surface area (Å²) in [5.41, 5.74) is 0.964. The molecule has 0 saturated heterocycles. The number of aromatic nitrogens is 2. The molecule has 0 N–H and O–H groups in total. The molecule has 1 aliphatic heterocycles. The second-order valence-corrected chi connectivity index (χ2v) is 6.62. The van der Waals surface area contributed by atoms with Gasteiger partial charge < -0.3 is 4.42 Å². The predicted molar refractivity (Wildman–Crippen MR) is 88.7 cm³/mol. The van der Waals surface area contributed by atoms with Gasteiger partial charge >= 0.3 is 6.03 Å². The average molecular weight is 380 g/mol. The first-order valence-corrected chi connectivity index (χ1v) is 8.59. The van der Waals surface area contributed by atoms with E-state index in [1.165, 1.54) is 13.1 Å². The first-order chi connectivity index (χ1) is 12.3. The predicted octanol–water partition coefficient (Wildman–Crippen LogP) is 2.85. The molecule has 10 heteroatoms. The fourth-order valence-electron chi connectivity index (χ4n) is 2.37. The van der Waals surface area contributed by atoms with Gasteiger partial charge in [0.2, 0.25) is 11.8 Å². The molecule has 2 heterocycles. The van der Waals surface area contributed by atoms with Gasteiger partial charge in [-0.1, -0.05) is 17.8 Å². The zero-order valence-electron chi connectivity index (χ0n) is 13.9. The molecule has 136 valence electrons. The molecule has 0 fully saturated rings. The van der Waals surface area contributed by atoms with E-state index < -0.39 is 23.6 Å². The van der Waals surface area contributed by atoms with Crippen molar-refractivity contribution in [2.45, 2.75) is 24.3 Å². The number of hydrogen-bond donors (Lipinski definition) is 0. The van der Waals surface area contributed by atoms with E-state index in [1.807, 2.05) is 0 Å². The number of halogens is 2. The maximum absolute atomic E-state index is 13.2. The number of hydrogen-bond acceptors (Lipinski definition) is 6. The minimum Gasteiger partial charge on any atom is -0.416 e. The van der Waals surface area contributed by atoms with E-state index in [0.717, 1.165) is 28.8 Å². The maximum Gasteiger partial charge on any atom is 0.349 e. The lowest BCUT2D eigenvalue weighted by Gasteiger charge is -2.24. The fraction of sp³-hybridized carbons (Fsp3) is 0.312. The van der Waals surface area contributed by atoms with Crippen LogP contribution >= 0.6 is 11.8 Å². The number of carbonyl (C=O) groups excluding carboxylic acids is 2. The number of carbonyl (C=O) groups is 2. The standard InChI is InChI=1S/C16H14F2N4O3S/c1-8-10(14(23)22(2)15(24)19-8)6-13-20-21-16(25-13)26-7-9-3-4-11(17)12(18)5-9/h3-5,10H,6-7H2,1-2H3. The van der Waals surface area contributed by atoms with E-state index in [2.05, 4.69) is 15.2 Å². The molecule has 0 radical (unpaired) electrons. The number of aliphatic imine (C=N–C) groups is 1. The van der Waals surface area contributed by atoms with E-state index in [1.54, 1.807) is 6.92 Å². The second-order valence-electron chi connectivity index (χ2n) is 5.69. The highest BCUT2D eigenvalue weighted by Gasteiger charge is 2.34. The highest BCUT2D eigenvalue weighted by Crippen LogP contribution is 2.24. The van der Waals surface area contributed by atoms with Crippen LogP contribution in [0.25, 0.3) is 0 Å². The van der Waals surface area contributed by atoms with Crippen molar-refractivity contribution >= 4 is 29.4 Å². The summed E-state index contributed by atoms with van der Waals surface area (Å²) in [5, 5.41) is 8.00. The van der Waals surface area contributed by atoms with E-state index >= 15 is 0 Å². The zero-order valence-corrected chi connectivity index (χ0v) is 14.7. The van der Waals surface area contributed by atoms with Gasteiger partial charge in [-0.15, -0.1) is 10.2 Å². The summed E-state index contributed by atoms with van der Waals surface area (Å²) >= 11 is 1.16. The van der Waals surface area contributed by atoms with Crippen molar-refractivity contribution in [1.29, 1.82) is 0 Å². The summed E-state index contributed by atoms with van der Waals surface area (Å²) in [6.45, 7) is 1.60. The molecule has 3 rings (SSSR count). The Labute approximate surface area is 151 Å². The van der Waals surface area contributed by atoms with Gasteiger partial charge in [-0.25, -0.2) is 18.6 Å². The third kappa shape index (κ3) is 3.79. The van der Waals surface area contributed by atoms with Crippen LogP contribution in [-0.4, -0.2) is 39.8 Å². The molecule has 0 spiro atoms. The third-order valence-electron chi connectivity index (χ3n) is 3.87. The SMILES string of the molecule is CC1=NC(=O)N(C)C(=O)C1Cc1nnc(SCc2ccc(F)c(F)c2)o1. The smallest absolute Gasteiger partial charge is 0.349 e. The van der Waals surface area contributed by atoms with Gasteiger partial charge in [0.25, 0.3) is 5.22 Å². The Bertz CT molecular complexity index is 899. The van der Waals surface area contributed by atoms with E-state index in [-0.39, 0.29) is 23.4 Å². The number of thioether (sulfide) groups is 1. The van der Waals surface area contributed by atoms with Gasteiger partial charge in [0.15, 0.2) is 11.6 Å². The molecular weight excluding hydrogens is 366 g/mol. The Hall–Kier alpha value is -2.62. The lowest BCUT2D eigenvalue weighted by atomic mass is 9.97. The Balaban J connectivity index is 1.64. The molecule has 1 aromatic carbocycles. The molecule has 0 aliphatic carbocycles. The first kappa shape index (κ1) is 18.2. The Morgan fingerprint density at radius 2 is 2.00 bits per heavy atom. The van der Waals surface area contributed by atoms with Crippen LogP contribution in [0, 0.1) is 17.6 Å². The van der Waals surface area contributed by atoms with Crippen LogP contribution in [0.4, 0.5) is 13.6 Å². The molecular formula is C16H14F2N4O3S. The number of benzene rings is 1. The van der Waals surface area contributed by atoms with Crippen LogP contribution in [-0.2, 0) is 17.0 Å². The summed E-state index contributed by atoms with van der Waals surface area (Å²) in [6.07, 6.45) is 0.129. The number of nitrogens with zero attached hydrogens (tertiary/aromatic N) is 4. The molecule has 3 amide bonds. The largest absolute Gasteiger partial charge is 0.416 e. The molecule has 0 bridgehead atoms. The monoisotopic (exact) mass is 380 g/mol. The van der Waals surface area contributed by atoms with Crippen molar-refractivity contribution in [3.05, 3.63) is 41.3 Å². The fourth-order valence-corrected chi connectivity index (χ4v) is 3.10. The maximum atomic E-state index is 13.2. The van der Waals surface area contributed by atoms with Gasteiger partial charge in [0.05, 0.1) is 5.92 Å². The lowest BCUT2D eigenvalue weighted by Crippen LogP contribution is -2.44. The number of urea groups is 1. The van der Waals surface area contributed by atoms with Crippen molar-refractivity contribution < 1.29 is 22.8 Å². The van der Waals surface area contributed by atoms with Gasteiger partial charge in [-0.05, 0) is 24.6 Å². The molecule has 1 aliphatic rings. The highest BCUT2D eigenvalue weighted by molar-refractivity contribution is 7.98. The first-order valence-electron chi connectivity index (χ1n) is 7.61. The van der Waals surface area contributed by atoms with E-state index in [0.29, 0.717) is 17.0 Å². The highest BCUT2D eigenvalue weighted by atomic mass is 32.2. The molecule has 1 unspecified atom stereocenters. The molecule has 7 nitrogen and oxygen atoms in total. The normalized spacial score (nSPS) is 17.6. The van der Waals surface area contributed by atoms with Crippen LogP contribution < -0.4 is 0 Å². The molecule has 26 heavy (non-hydrogen) atoms. The Morgan fingerprint density at radius 1 is 1.23 bits per heavy atom. The number of imide groups is 1. The molecule has 2 aromatic rings. The summed E-state index contributed by atoms with van der Waals surface area (Å²) in [7, 11) is 1.37. The van der Waals surface area contributed by atoms with E-state index in [9.17, 15) is 18.4 Å². The number of rotatable bonds is 5. The molecule has 0 saturated carbocycles. The van der Waals surface area contributed by atoms with Crippen molar-refractivity contribution in [2.75, 3.05) is 7.05 Å². The second kappa shape index (κ2) is 7.32. The van der Waals surface area contributed by atoms with Crippen molar-refractivity contribution in [3.8, 4) is 0 Å². The van der Waals surface area contributed by atoms with E-state index in [4.69, 9.17) is 4.42 Å². The summed E-state index contributed by atoms with van der Waals surface area (Å²) in [6, 6.07) is 3.03. The van der Waals surface area contributed by atoms with Crippen LogP contribution in [0.15, 0.2) is 32.8 Å². The summed E-state index contributed by atoms with van der Waals surface area (Å²) < 4.78 is 31.6. The minimum atomic E-state index is -0.918. The summed E-state index contributed by atoms with van der Waals surface area (Å²) in [4.78, 5) is 28.4. The Kier molecular flexibility index (Phi) is 5.12. The van der Waals surface area contributed by atoms with Crippen molar-refractivity contribution in [2.24, 2.45) is 10.9 Å². The zero-order chi connectivity index (χ0) is 18.8. The topological polar surface area (TPSA) is 88.7 Å². The van der Waals surface area contributed by atoms with Crippen LogP contribution in [0.5, 0.6) is 0 Å². The Morgan fingerprint density at radius 3 is 2.73 bits per heavy atom. The van der Waals surface area contributed by atoms with Gasteiger partial charge in [-0.2, -0.15) is 0 Å². The van der Waals surface area contributed by atoms with Gasteiger partial charge in [0.1, 0.15) is 0 Å². The minimum absolute atomic E-state index is 0.129. The van der Waals surface area contributed by atoms with Gasteiger partial charge in [0, 0.05) is 24.9 Å². The summed E-state index contributed by atoms with van der Waals surface area (Å²) in [5.74, 6) is -2.29. The molecule has 1 atom stereocenters. The van der Waals surface area contributed by atoms with Crippen LogP contribution in [0.3, 0.4) is 0 Å². The average Bonchev–Trinajstić information content (AvgIpc) is 3.05. The van der Waals surface area contributed by atoms with Crippen LogP contribution in [0.2, 0.25) is 0 Å².